The number of nitrogens with one attached hydrogen (secondary N) is 1. The molecule has 24 heavy (non-hydrogen) atoms. The first-order valence-corrected chi connectivity index (χ1v) is 6.31. The fourth-order valence-corrected chi connectivity index (χ4v) is 1.72. The molecule has 0 saturated carbocycles. The lowest BCUT2D eigenvalue weighted by molar-refractivity contribution is -0.485. The summed E-state index contributed by atoms with van der Waals surface area (Å²) in [5.41, 5.74) is 7.53. The molecule has 1 heterocycles. The van der Waals surface area contributed by atoms with Gasteiger partial charge >= 0.3 is 5.97 Å². The Balaban J connectivity index is 2.12. The smallest absolute Gasteiger partial charge is 0.339 e. The van der Waals surface area contributed by atoms with Crippen LogP contribution < -0.4 is 11.2 Å². The lowest BCUT2D eigenvalue weighted by Gasteiger charge is -2.02. The van der Waals surface area contributed by atoms with Gasteiger partial charge in [-0.25, -0.2) is 20.3 Å². The Morgan fingerprint density at radius 1 is 1.38 bits per heavy atom. The highest BCUT2D eigenvalue weighted by Crippen LogP contribution is 2.27. The third-order valence-electron chi connectivity index (χ3n) is 2.70. The molecule has 0 amide bonds. The maximum absolute atomic E-state index is 10.8. The number of rotatable bonds is 5. The summed E-state index contributed by atoms with van der Waals surface area (Å²) >= 11 is 0. The number of nitro groups is 1. The maximum atomic E-state index is 10.8. The molecule has 1 aromatic carbocycles. The van der Waals surface area contributed by atoms with E-state index < -0.39 is 22.7 Å². The zero-order valence-corrected chi connectivity index (χ0v) is 11.9. The molecule has 5 N–H and O–H groups in total. The van der Waals surface area contributed by atoms with Crippen molar-refractivity contribution in [1.82, 2.24) is 5.43 Å². The number of aromatic hydroxyl groups is 1. The van der Waals surface area contributed by atoms with Gasteiger partial charge in [0.25, 0.3) is 5.96 Å². The minimum absolute atomic E-state index is 0.225. The fourth-order valence-electron chi connectivity index (χ4n) is 1.72. The number of nitrogens with two attached hydrogens (primary N) is 1. The number of carboxylic acid groups (broad SMARTS) is 1. The van der Waals surface area contributed by atoms with Crippen LogP contribution in [0.25, 0.3) is 11.3 Å². The van der Waals surface area contributed by atoms with Crippen molar-refractivity contribution in [2.75, 3.05) is 0 Å². The molecule has 0 unspecified atom stereocenters. The molecule has 0 spiro atoms. The van der Waals surface area contributed by atoms with E-state index in [1.54, 1.807) is 12.1 Å². The summed E-state index contributed by atoms with van der Waals surface area (Å²) in [6.45, 7) is 0. The lowest BCUT2D eigenvalue weighted by atomic mass is 10.1. The topological polar surface area (TPSA) is 177 Å². The Morgan fingerprint density at radius 2 is 2.12 bits per heavy atom. The summed E-state index contributed by atoms with van der Waals surface area (Å²) < 4.78 is 5.43. The fraction of sp³-hybridized carbons (Fsp3) is 0. The Bertz CT molecular complexity index is 841. The second kappa shape index (κ2) is 6.91. The van der Waals surface area contributed by atoms with E-state index in [4.69, 9.17) is 15.3 Å². The Kier molecular flexibility index (Phi) is 4.75. The molecule has 11 heteroatoms. The number of hydrazone groups is 2. The minimum Gasteiger partial charge on any atom is -0.507 e. The molecule has 0 radical (unpaired) electrons. The number of hydrogen-bond donors (Lipinski definition) is 4. The van der Waals surface area contributed by atoms with Gasteiger partial charge in [-0.2, -0.15) is 5.10 Å². The summed E-state index contributed by atoms with van der Waals surface area (Å²) in [6, 6.07) is 7.10. The molecule has 2 rings (SSSR count). The van der Waals surface area contributed by atoms with Gasteiger partial charge in [-0.3, -0.25) is 0 Å². The molecule has 124 valence electrons. The number of guanidine groups is 1. The number of carbonyl (C=O) groups is 1. The summed E-state index contributed by atoms with van der Waals surface area (Å²) in [5.74, 6) is -1.50. The second-order valence-electron chi connectivity index (χ2n) is 4.33. The van der Waals surface area contributed by atoms with Crippen molar-refractivity contribution in [2.24, 2.45) is 15.9 Å². The highest BCUT2D eigenvalue weighted by molar-refractivity contribution is 5.91. The van der Waals surface area contributed by atoms with E-state index in [0.717, 1.165) is 0 Å². The molecule has 0 atom stereocenters. The van der Waals surface area contributed by atoms with Crippen molar-refractivity contribution in [3.8, 4) is 17.1 Å². The average Bonchev–Trinajstić information content (AvgIpc) is 2.94. The van der Waals surface area contributed by atoms with E-state index >= 15 is 0 Å². The largest absolute Gasteiger partial charge is 0.507 e. The van der Waals surface area contributed by atoms with Crippen LogP contribution in [0.3, 0.4) is 0 Å². The van der Waals surface area contributed by atoms with Crippen LogP contribution in [0.5, 0.6) is 5.75 Å². The first-order chi connectivity index (χ1) is 11.4. The maximum Gasteiger partial charge on any atom is 0.339 e. The van der Waals surface area contributed by atoms with Gasteiger partial charge in [0.15, 0.2) is 5.03 Å². The highest BCUT2D eigenvalue weighted by Gasteiger charge is 2.12. The van der Waals surface area contributed by atoms with Crippen LogP contribution in [-0.4, -0.2) is 33.4 Å². The molecule has 2 aromatic rings. The van der Waals surface area contributed by atoms with E-state index in [0.29, 0.717) is 11.3 Å². The molecular formula is C13H11N5O6. The van der Waals surface area contributed by atoms with E-state index in [-0.39, 0.29) is 11.3 Å². The van der Waals surface area contributed by atoms with E-state index in [1.807, 2.05) is 0 Å². The zero-order chi connectivity index (χ0) is 17.7. The van der Waals surface area contributed by atoms with Gasteiger partial charge in [-0.1, -0.05) is 6.07 Å². The summed E-state index contributed by atoms with van der Waals surface area (Å²) in [5, 5.41) is 34.0. The average molecular weight is 333 g/mol. The van der Waals surface area contributed by atoms with Gasteiger partial charge in [0.05, 0.1) is 6.21 Å². The van der Waals surface area contributed by atoms with Crippen molar-refractivity contribution < 1.29 is 24.5 Å². The van der Waals surface area contributed by atoms with Crippen LogP contribution in [0.4, 0.5) is 0 Å². The highest BCUT2D eigenvalue weighted by atomic mass is 16.7. The predicted octanol–water partition coefficient (Wildman–Crippen LogP) is 0.780. The number of hydrogen-bond acceptors (Lipinski definition) is 6. The molecule has 0 bridgehead atoms. The van der Waals surface area contributed by atoms with E-state index in [9.17, 15) is 20.0 Å². The third kappa shape index (κ3) is 4.07. The van der Waals surface area contributed by atoms with Crippen molar-refractivity contribution in [2.45, 2.75) is 0 Å². The lowest BCUT2D eigenvalue weighted by Crippen LogP contribution is -2.28. The zero-order valence-electron chi connectivity index (χ0n) is 11.9. The number of benzene rings is 1. The molecular weight excluding hydrogens is 322 g/mol. The van der Waals surface area contributed by atoms with Gasteiger partial charge in [0.1, 0.15) is 27.9 Å². The molecule has 0 aliphatic carbocycles. The van der Waals surface area contributed by atoms with Crippen molar-refractivity contribution >= 4 is 18.1 Å². The van der Waals surface area contributed by atoms with Crippen molar-refractivity contribution in [1.29, 1.82) is 0 Å². The number of carboxylic acids is 1. The monoisotopic (exact) mass is 333 g/mol. The molecule has 11 nitrogen and oxygen atoms in total. The number of phenols is 1. The predicted molar refractivity (Wildman–Crippen MR) is 82.1 cm³/mol. The van der Waals surface area contributed by atoms with Crippen LogP contribution in [0.1, 0.15) is 16.1 Å². The Morgan fingerprint density at radius 3 is 2.75 bits per heavy atom. The van der Waals surface area contributed by atoms with Crippen LogP contribution in [0.2, 0.25) is 0 Å². The standard InChI is InChI=1S/C13H11N5O6/c14-13(17-18(22)23)16-15-6-8-2-4-11(24-8)7-1-3-9(12(20)21)10(19)5-7/h1-6,19H,(H,20,21)(H3,14,16,17)/b15-6+. The second-order valence-corrected chi connectivity index (χ2v) is 4.33. The van der Waals surface area contributed by atoms with Gasteiger partial charge in [-0.15, -0.1) is 0 Å². The van der Waals surface area contributed by atoms with Gasteiger partial charge in [0.2, 0.25) is 0 Å². The molecule has 1 aromatic heterocycles. The van der Waals surface area contributed by atoms with Gasteiger partial charge < -0.3 is 20.4 Å². The summed E-state index contributed by atoms with van der Waals surface area (Å²) in [6.07, 6.45) is 1.21. The van der Waals surface area contributed by atoms with Gasteiger partial charge in [0, 0.05) is 5.56 Å². The van der Waals surface area contributed by atoms with E-state index in [1.165, 1.54) is 24.4 Å². The summed E-state index contributed by atoms with van der Waals surface area (Å²) in [4.78, 5) is 20.9. The summed E-state index contributed by atoms with van der Waals surface area (Å²) in [7, 11) is 0. The number of furan rings is 1. The SMILES string of the molecule is N/C(=N/[N+](=O)[O-])N/N=C/c1ccc(-c2ccc(C(=O)O)c(O)c2)o1. The van der Waals surface area contributed by atoms with Crippen molar-refractivity contribution in [3.63, 3.8) is 0 Å². The molecule has 0 fully saturated rings. The first kappa shape index (κ1) is 16.5. The van der Waals surface area contributed by atoms with Gasteiger partial charge in [-0.05, 0) is 24.3 Å². The Labute approximate surface area is 133 Å². The van der Waals surface area contributed by atoms with Crippen LogP contribution in [0, 0.1) is 10.1 Å². The normalized spacial score (nSPS) is 11.6. The number of nitrogens with zero attached hydrogens (tertiary/aromatic N) is 3. The molecule has 0 aliphatic heterocycles. The third-order valence-corrected chi connectivity index (χ3v) is 2.70. The van der Waals surface area contributed by atoms with E-state index in [2.05, 4.69) is 15.6 Å². The molecule has 0 saturated heterocycles. The van der Waals surface area contributed by atoms with Crippen LogP contribution >= 0.6 is 0 Å². The quantitative estimate of drug-likeness (QED) is 0.268. The minimum atomic E-state index is -1.24. The first-order valence-electron chi connectivity index (χ1n) is 6.31. The van der Waals surface area contributed by atoms with Crippen LogP contribution in [0.15, 0.2) is 45.0 Å². The van der Waals surface area contributed by atoms with Crippen LogP contribution in [-0.2, 0) is 0 Å². The molecule has 0 aliphatic rings. The number of aromatic carboxylic acids is 1. The van der Waals surface area contributed by atoms with Crippen molar-refractivity contribution in [3.05, 3.63) is 51.8 Å². The Hall–Kier alpha value is -3.89.